The van der Waals surface area contributed by atoms with E-state index in [-0.39, 0.29) is 17.5 Å². The Bertz CT molecular complexity index is 783. The van der Waals surface area contributed by atoms with Gasteiger partial charge in [0.05, 0.1) is 6.20 Å². The predicted molar refractivity (Wildman–Crippen MR) is 59.9 cm³/mol. The largest absolute Gasteiger partial charge is 0.422 e. The van der Waals surface area contributed by atoms with E-state index in [0.29, 0.717) is 18.4 Å². The van der Waals surface area contributed by atoms with Crippen LogP contribution in [-0.4, -0.2) is 26.6 Å². The molecule has 1 aliphatic carbocycles. The lowest BCUT2D eigenvalue weighted by Crippen LogP contribution is -2.68. The number of carbonyl (C=O) groups is 2. The number of oxazole rings is 1. The number of nitrogens with zero attached hydrogens (tertiary/aromatic N) is 3. The van der Waals surface area contributed by atoms with E-state index in [1.165, 1.54) is 10.8 Å². The van der Waals surface area contributed by atoms with E-state index in [0.717, 1.165) is 0 Å². The van der Waals surface area contributed by atoms with Crippen LogP contribution < -0.4 is 11.1 Å². The molecule has 0 unspecified atom stereocenters. The molecule has 2 amide bonds. The van der Waals surface area contributed by atoms with Crippen molar-refractivity contribution < 1.29 is 14.0 Å². The molecule has 0 aromatic carbocycles. The maximum atomic E-state index is 12.1. The Hall–Kier alpha value is -2.51. The van der Waals surface area contributed by atoms with Crippen LogP contribution in [0.2, 0.25) is 0 Å². The summed E-state index contributed by atoms with van der Waals surface area (Å²) in [5.41, 5.74) is -0.512. The fourth-order valence-electron chi connectivity index (χ4n) is 2.93. The second-order valence-electron chi connectivity index (χ2n) is 4.88. The maximum absolute atomic E-state index is 12.1. The van der Waals surface area contributed by atoms with E-state index >= 15 is 0 Å². The molecule has 2 bridgehead atoms. The first kappa shape index (κ1) is 10.4. The smallest absolute Gasteiger partial charge is 0.387 e. The highest BCUT2D eigenvalue weighted by Gasteiger charge is 2.60. The SMILES string of the molecule is O=C1NC(=O)C2(n3c(=O)oc4nnccc43)CC1C2. The third-order valence-electron chi connectivity index (χ3n) is 3.90. The molecule has 2 saturated heterocycles. The van der Waals surface area contributed by atoms with Gasteiger partial charge in [-0.3, -0.25) is 19.5 Å². The van der Waals surface area contributed by atoms with Crippen molar-refractivity contribution in [3.8, 4) is 0 Å². The van der Waals surface area contributed by atoms with Gasteiger partial charge in [0.15, 0.2) is 0 Å². The number of piperidine rings is 2. The van der Waals surface area contributed by atoms with Crippen molar-refractivity contribution in [2.24, 2.45) is 5.92 Å². The van der Waals surface area contributed by atoms with Gasteiger partial charge in [-0.1, -0.05) is 0 Å². The zero-order valence-electron chi connectivity index (χ0n) is 9.62. The van der Waals surface area contributed by atoms with Crippen molar-refractivity contribution in [3.05, 3.63) is 22.8 Å². The highest BCUT2D eigenvalue weighted by molar-refractivity contribution is 6.06. The van der Waals surface area contributed by atoms with Gasteiger partial charge in [0.2, 0.25) is 5.91 Å². The lowest BCUT2D eigenvalue weighted by atomic mass is 9.64. The summed E-state index contributed by atoms with van der Waals surface area (Å²) in [7, 11) is 0. The number of amides is 2. The minimum Gasteiger partial charge on any atom is -0.387 e. The van der Waals surface area contributed by atoms with Crippen LogP contribution in [0, 0.1) is 5.92 Å². The van der Waals surface area contributed by atoms with Crippen LogP contribution in [0.15, 0.2) is 21.5 Å². The summed E-state index contributed by atoms with van der Waals surface area (Å²) in [5, 5.41) is 9.62. The Morgan fingerprint density at radius 1 is 1.37 bits per heavy atom. The van der Waals surface area contributed by atoms with Crippen LogP contribution in [0.3, 0.4) is 0 Å². The second kappa shape index (κ2) is 3.08. The quantitative estimate of drug-likeness (QED) is 0.669. The van der Waals surface area contributed by atoms with Gasteiger partial charge in [-0.15, -0.1) is 5.10 Å². The van der Waals surface area contributed by atoms with Crippen LogP contribution in [0.4, 0.5) is 0 Å². The molecule has 96 valence electrons. The third-order valence-corrected chi connectivity index (χ3v) is 3.90. The highest BCUT2D eigenvalue weighted by Crippen LogP contribution is 2.47. The topological polar surface area (TPSA) is 107 Å². The van der Waals surface area contributed by atoms with Crippen molar-refractivity contribution in [3.63, 3.8) is 0 Å². The summed E-state index contributed by atoms with van der Waals surface area (Å²) in [6.45, 7) is 0. The fourth-order valence-corrected chi connectivity index (χ4v) is 2.93. The summed E-state index contributed by atoms with van der Waals surface area (Å²) in [6, 6.07) is 1.57. The zero-order valence-corrected chi connectivity index (χ0v) is 9.62. The van der Waals surface area contributed by atoms with Gasteiger partial charge in [-0.25, -0.2) is 4.79 Å². The van der Waals surface area contributed by atoms with E-state index in [4.69, 9.17) is 4.42 Å². The van der Waals surface area contributed by atoms with Crippen molar-refractivity contribution in [1.29, 1.82) is 0 Å². The average Bonchev–Trinajstić information content (AvgIpc) is 2.64. The van der Waals surface area contributed by atoms with Crippen molar-refractivity contribution in [1.82, 2.24) is 20.1 Å². The van der Waals surface area contributed by atoms with Crippen LogP contribution in [0.5, 0.6) is 0 Å². The van der Waals surface area contributed by atoms with E-state index < -0.39 is 17.2 Å². The Kier molecular flexibility index (Phi) is 1.69. The molecule has 0 spiro atoms. The van der Waals surface area contributed by atoms with Crippen LogP contribution in [0.1, 0.15) is 12.8 Å². The van der Waals surface area contributed by atoms with E-state index in [9.17, 15) is 14.4 Å². The van der Waals surface area contributed by atoms with Gasteiger partial charge < -0.3 is 4.42 Å². The molecule has 5 rings (SSSR count). The molecule has 4 heterocycles. The molecule has 1 saturated carbocycles. The molecule has 8 heteroatoms. The lowest BCUT2D eigenvalue weighted by Gasteiger charge is -2.49. The molecular weight excluding hydrogens is 252 g/mol. The predicted octanol–water partition coefficient (Wildman–Crippen LogP) is -0.854. The van der Waals surface area contributed by atoms with E-state index in [1.807, 2.05) is 0 Å². The number of fused-ring (bicyclic) bond motifs is 3. The monoisotopic (exact) mass is 260 g/mol. The maximum Gasteiger partial charge on any atom is 0.422 e. The number of imide groups is 1. The zero-order chi connectivity index (χ0) is 13.2. The minimum absolute atomic E-state index is 0.0926. The van der Waals surface area contributed by atoms with Gasteiger partial charge >= 0.3 is 5.76 Å². The Morgan fingerprint density at radius 2 is 2.16 bits per heavy atom. The Labute approximate surface area is 105 Å². The van der Waals surface area contributed by atoms with Crippen molar-refractivity contribution >= 4 is 23.0 Å². The molecule has 0 atom stereocenters. The molecule has 0 radical (unpaired) electrons. The number of nitrogens with one attached hydrogen (secondary N) is 1. The lowest BCUT2D eigenvalue weighted by molar-refractivity contribution is -0.156. The molecule has 3 fully saturated rings. The van der Waals surface area contributed by atoms with E-state index in [2.05, 4.69) is 15.5 Å². The number of carbonyl (C=O) groups excluding carboxylic acids is 2. The summed E-state index contributed by atoms with van der Waals surface area (Å²) in [6.07, 6.45) is 2.08. The van der Waals surface area contributed by atoms with Gasteiger partial charge in [0.25, 0.3) is 11.6 Å². The van der Waals surface area contributed by atoms with Gasteiger partial charge in [-0.05, 0) is 18.9 Å². The molecular formula is C11H8N4O4. The summed E-state index contributed by atoms with van der Waals surface area (Å²) in [5.74, 6) is -1.60. The summed E-state index contributed by atoms with van der Waals surface area (Å²) < 4.78 is 6.27. The highest BCUT2D eigenvalue weighted by atomic mass is 16.4. The van der Waals surface area contributed by atoms with Gasteiger partial charge in [-0.2, -0.15) is 5.10 Å². The number of aromatic nitrogens is 3. The van der Waals surface area contributed by atoms with Crippen molar-refractivity contribution in [2.75, 3.05) is 0 Å². The normalized spacial score (nSPS) is 29.2. The summed E-state index contributed by atoms with van der Waals surface area (Å²) in [4.78, 5) is 35.5. The molecule has 3 aliphatic rings. The Morgan fingerprint density at radius 3 is 2.89 bits per heavy atom. The Balaban J connectivity index is 1.97. The summed E-state index contributed by atoms with van der Waals surface area (Å²) >= 11 is 0. The van der Waals surface area contributed by atoms with Crippen molar-refractivity contribution in [2.45, 2.75) is 18.4 Å². The standard InChI is InChI=1S/C11H8N4O4/c16-7-5-3-11(4-5,9(17)13-7)15-6-1-2-12-14-8(6)19-10(15)18/h1-2,5H,3-4H2,(H,13,16,17). The molecule has 8 nitrogen and oxygen atoms in total. The second-order valence-corrected chi connectivity index (χ2v) is 4.88. The number of hydrogen-bond donors (Lipinski definition) is 1. The number of hydrogen-bond acceptors (Lipinski definition) is 6. The number of rotatable bonds is 1. The van der Waals surface area contributed by atoms with Gasteiger partial charge in [0.1, 0.15) is 11.1 Å². The van der Waals surface area contributed by atoms with Gasteiger partial charge in [0, 0.05) is 5.92 Å². The van der Waals surface area contributed by atoms with E-state index in [1.54, 1.807) is 6.07 Å². The first-order chi connectivity index (χ1) is 9.12. The molecule has 1 N–H and O–H groups in total. The molecule has 2 aromatic rings. The van der Waals surface area contributed by atoms with Crippen LogP contribution in [0.25, 0.3) is 11.2 Å². The minimum atomic E-state index is -1.02. The molecule has 2 aromatic heterocycles. The van der Waals surface area contributed by atoms with Crippen LogP contribution in [-0.2, 0) is 15.1 Å². The first-order valence-corrected chi connectivity index (χ1v) is 5.81. The average molecular weight is 260 g/mol. The third kappa shape index (κ3) is 1.11. The molecule has 19 heavy (non-hydrogen) atoms. The van der Waals surface area contributed by atoms with Crippen LogP contribution >= 0.6 is 0 Å². The first-order valence-electron chi connectivity index (χ1n) is 5.81. The molecule has 2 aliphatic heterocycles. The fraction of sp³-hybridized carbons (Fsp3) is 0.364.